The van der Waals surface area contributed by atoms with Crippen molar-refractivity contribution >= 4 is 23.2 Å². The molecule has 1 aromatic rings. The summed E-state index contributed by atoms with van der Waals surface area (Å²) in [4.78, 5) is 0. The molecule has 1 unspecified atom stereocenters. The van der Waals surface area contributed by atoms with Crippen LogP contribution in [0.1, 0.15) is 13.3 Å². The van der Waals surface area contributed by atoms with E-state index in [1.54, 1.807) is 18.2 Å². The Labute approximate surface area is 99.5 Å². The molecule has 4 heteroatoms. The molecule has 0 bridgehead atoms. The summed E-state index contributed by atoms with van der Waals surface area (Å²) in [7, 11) is 0. The largest absolute Gasteiger partial charge is 0.486 e. The number of rotatable bonds is 2. The molecule has 1 aliphatic rings. The predicted octanol–water partition coefficient (Wildman–Crippen LogP) is 3.12. The lowest BCUT2D eigenvalue weighted by atomic mass is 10.1. The van der Waals surface area contributed by atoms with E-state index < -0.39 is 0 Å². The Hall–Kier alpha value is -0.440. The summed E-state index contributed by atoms with van der Waals surface area (Å²) in [5, 5.41) is 4.48. The van der Waals surface area contributed by atoms with Gasteiger partial charge in [0.05, 0.1) is 0 Å². The third-order valence-electron chi connectivity index (χ3n) is 2.53. The number of nitrogens with one attached hydrogen (secondary N) is 1. The molecule has 0 aliphatic carbocycles. The second kappa shape index (κ2) is 4.20. The first kappa shape index (κ1) is 11.1. The van der Waals surface area contributed by atoms with Crippen molar-refractivity contribution in [1.82, 2.24) is 5.32 Å². The van der Waals surface area contributed by atoms with Crippen molar-refractivity contribution in [3.05, 3.63) is 28.2 Å². The zero-order valence-electron chi connectivity index (χ0n) is 8.52. The third kappa shape index (κ3) is 2.77. The molecule has 1 atom stereocenters. The van der Waals surface area contributed by atoms with Crippen LogP contribution in [0, 0.1) is 0 Å². The third-order valence-corrected chi connectivity index (χ3v) is 2.97. The van der Waals surface area contributed by atoms with Gasteiger partial charge in [-0.05, 0) is 31.7 Å². The highest BCUT2D eigenvalue weighted by Gasteiger charge is 2.30. The van der Waals surface area contributed by atoms with Crippen molar-refractivity contribution in [3.8, 4) is 5.75 Å². The number of ether oxygens (including phenoxy) is 1. The molecule has 15 heavy (non-hydrogen) atoms. The second-order valence-electron chi connectivity index (χ2n) is 4.08. The standard InChI is InChI=1S/C11H13Cl2NO/c1-11(2-3-14-7-11)15-10-5-8(12)4-9(13)6-10/h4-6,14H,2-3,7H2,1H3. The normalized spacial score (nSPS) is 25.5. The van der Waals surface area contributed by atoms with Crippen LogP contribution in [-0.2, 0) is 0 Å². The van der Waals surface area contributed by atoms with Crippen molar-refractivity contribution in [2.45, 2.75) is 18.9 Å². The van der Waals surface area contributed by atoms with Gasteiger partial charge in [0.15, 0.2) is 0 Å². The fourth-order valence-electron chi connectivity index (χ4n) is 1.75. The number of halogens is 2. The van der Waals surface area contributed by atoms with E-state index in [1.165, 1.54) is 0 Å². The zero-order chi connectivity index (χ0) is 10.9. The molecule has 2 rings (SSSR count). The van der Waals surface area contributed by atoms with E-state index in [0.29, 0.717) is 10.0 Å². The summed E-state index contributed by atoms with van der Waals surface area (Å²) < 4.78 is 5.89. The van der Waals surface area contributed by atoms with Crippen LogP contribution in [0.15, 0.2) is 18.2 Å². The maximum Gasteiger partial charge on any atom is 0.123 e. The summed E-state index contributed by atoms with van der Waals surface area (Å²) in [5.74, 6) is 0.735. The lowest BCUT2D eigenvalue weighted by Gasteiger charge is -2.25. The SMILES string of the molecule is CC1(Oc2cc(Cl)cc(Cl)c2)CCNC1. The summed E-state index contributed by atoms with van der Waals surface area (Å²) >= 11 is 11.8. The first-order chi connectivity index (χ1) is 7.07. The molecule has 1 aromatic carbocycles. The minimum Gasteiger partial charge on any atom is -0.486 e. The molecule has 1 N–H and O–H groups in total. The number of hydrogen-bond acceptors (Lipinski definition) is 2. The van der Waals surface area contributed by atoms with E-state index in [0.717, 1.165) is 25.3 Å². The molecular formula is C11H13Cl2NO. The van der Waals surface area contributed by atoms with E-state index in [1.807, 2.05) is 0 Å². The maximum absolute atomic E-state index is 5.90. The van der Waals surface area contributed by atoms with E-state index in [-0.39, 0.29) is 5.60 Å². The Balaban J connectivity index is 2.16. The first-order valence-corrected chi connectivity index (χ1v) is 5.69. The van der Waals surface area contributed by atoms with Crippen LogP contribution in [0.2, 0.25) is 10.0 Å². The van der Waals surface area contributed by atoms with Gasteiger partial charge in [0.2, 0.25) is 0 Å². The fraction of sp³-hybridized carbons (Fsp3) is 0.455. The van der Waals surface area contributed by atoms with E-state index in [9.17, 15) is 0 Å². The van der Waals surface area contributed by atoms with Gasteiger partial charge in [-0.3, -0.25) is 0 Å². The van der Waals surface area contributed by atoms with Crippen molar-refractivity contribution in [3.63, 3.8) is 0 Å². The monoisotopic (exact) mass is 245 g/mol. The molecule has 1 heterocycles. The second-order valence-corrected chi connectivity index (χ2v) is 4.96. The quantitative estimate of drug-likeness (QED) is 0.865. The Morgan fingerprint density at radius 1 is 1.27 bits per heavy atom. The zero-order valence-corrected chi connectivity index (χ0v) is 10.0. The van der Waals surface area contributed by atoms with Crippen LogP contribution < -0.4 is 10.1 Å². The van der Waals surface area contributed by atoms with Crippen LogP contribution in [-0.4, -0.2) is 18.7 Å². The smallest absolute Gasteiger partial charge is 0.123 e. The van der Waals surface area contributed by atoms with Crippen molar-refractivity contribution in [2.75, 3.05) is 13.1 Å². The van der Waals surface area contributed by atoms with Gasteiger partial charge in [0.25, 0.3) is 0 Å². The molecule has 0 saturated carbocycles. The topological polar surface area (TPSA) is 21.3 Å². The summed E-state index contributed by atoms with van der Waals surface area (Å²) in [6.07, 6.45) is 0.997. The van der Waals surface area contributed by atoms with Gasteiger partial charge in [-0.15, -0.1) is 0 Å². The molecule has 0 spiro atoms. The van der Waals surface area contributed by atoms with Crippen LogP contribution in [0.5, 0.6) is 5.75 Å². The van der Waals surface area contributed by atoms with Gasteiger partial charge in [-0.1, -0.05) is 23.2 Å². The average molecular weight is 246 g/mol. The van der Waals surface area contributed by atoms with Gasteiger partial charge in [0, 0.05) is 23.0 Å². The van der Waals surface area contributed by atoms with E-state index in [2.05, 4.69) is 12.2 Å². The number of benzene rings is 1. The van der Waals surface area contributed by atoms with Gasteiger partial charge >= 0.3 is 0 Å². The van der Waals surface area contributed by atoms with Crippen LogP contribution in [0.4, 0.5) is 0 Å². The molecule has 0 radical (unpaired) electrons. The Bertz CT molecular complexity index is 341. The van der Waals surface area contributed by atoms with Crippen molar-refractivity contribution in [1.29, 1.82) is 0 Å². The highest BCUT2D eigenvalue weighted by molar-refractivity contribution is 6.34. The molecular weight excluding hydrogens is 233 g/mol. The van der Waals surface area contributed by atoms with Crippen molar-refractivity contribution in [2.24, 2.45) is 0 Å². The minimum absolute atomic E-state index is 0.145. The van der Waals surface area contributed by atoms with Crippen LogP contribution in [0.25, 0.3) is 0 Å². The van der Waals surface area contributed by atoms with E-state index >= 15 is 0 Å². The van der Waals surface area contributed by atoms with Crippen molar-refractivity contribution < 1.29 is 4.74 Å². The molecule has 1 fully saturated rings. The highest BCUT2D eigenvalue weighted by Crippen LogP contribution is 2.29. The summed E-state index contributed by atoms with van der Waals surface area (Å²) in [5.41, 5.74) is -0.145. The molecule has 1 saturated heterocycles. The Kier molecular flexibility index (Phi) is 3.10. The average Bonchev–Trinajstić information content (AvgIpc) is 2.49. The summed E-state index contributed by atoms with van der Waals surface area (Å²) in [6.45, 7) is 3.93. The molecule has 2 nitrogen and oxygen atoms in total. The molecule has 0 amide bonds. The van der Waals surface area contributed by atoms with Gasteiger partial charge in [-0.25, -0.2) is 0 Å². The Morgan fingerprint density at radius 3 is 2.47 bits per heavy atom. The minimum atomic E-state index is -0.145. The first-order valence-electron chi connectivity index (χ1n) is 4.93. The highest BCUT2D eigenvalue weighted by atomic mass is 35.5. The van der Waals surface area contributed by atoms with Gasteiger partial charge in [0.1, 0.15) is 11.4 Å². The van der Waals surface area contributed by atoms with Crippen LogP contribution >= 0.6 is 23.2 Å². The Morgan fingerprint density at radius 2 is 1.93 bits per heavy atom. The van der Waals surface area contributed by atoms with E-state index in [4.69, 9.17) is 27.9 Å². The maximum atomic E-state index is 5.90. The molecule has 1 aliphatic heterocycles. The number of hydrogen-bond donors (Lipinski definition) is 1. The predicted molar refractivity (Wildman–Crippen MR) is 63.0 cm³/mol. The lowest BCUT2D eigenvalue weighted by Crippen LogP contribution is -2.34. The molecule has 82 valence electrons. The lowest BCUT2D eigenvalue weighted by molar-refractivity contribution is 0.111. The van der Waals surface area contributed by atoms with Gasteiger partial charge in [-0.2, -0.15) is 0 Å². The fourth-order valence-corrected chi connectivity index (χ4v) is 2.26. The molecule has 0 aromatic heterocycles. The van der Waals surface area contributed by atoms with Gasteiger partial charge < -0.3 is 10.1 Å². The summed E-state index contributed by atoms with van der Waals surface area (Å²) in [6, 6.07) is 5.28. The van der Waals surface area contributed by atoms with Crippen LogP contribution in [0.3, 0.4) is 0 Å².